The summed E-state index contributed by atoms with van der Waals surface area (Å²) in [4.78, 5) is 5.22. The molecule has 2 aliphatic heterocycles. The second kappa shape index (κ2) is 7.09. The van der Waals surface area contributed by atoms with Gasteiger partial charge in [0.15, 0.2) is 0 Å². The Morgan fingerprint density at radius 2 is 2.10 bits per heavy atom. The molecule has 0 aromatic heterocycles. The minimum atomic E-state index is 0.744. The van der Waals surface area contributed by atoms with Gasteiger partial charge in [0.05, 0.1) is 11.6 Å². The van der Waals surface area contributed by atoms with Crippen LogP contribution in [0.15, 0.2) is 22.7 Å². The third kappa shape index (κ3) is 3.77. The van der Waals surface area contributed by atoms with Crippen molar-refractivity contribution in [1.82, 2.24) is 15.1 Å². The highest BCUT2D eigenvalue weighted by Crippen LogP contribution is 2.27. The van der Waals surface area contributed by atoms with Gasteiger partial charge in [0, 0.05) is 51.9 Å². The van der Waals surface area contributed by atoms with E-state index in [4.69, 9.17) is 4.74 Å². The predicted molar refractivity (Wildman–Crippen MR) is 88.8 cm³/mol. The van der Waals surface area contributed by atoms with Crippen molar-refractivity contribution in [3.05, 3.63) is 28.2 Å². The van der Waals surface area contributed by atoms with Crippen LogP contribution in [0.1, 0.15) is 12.0 Å². The number of methoxy groups -OCH3 is 1. The molecule has 2 heterocycles. The molecule has 0 bridgehead atoms. The summed E-state index contributed by atoms with van der Waals surface area (Å²) < 4.78 is 6.34. The van der Waals surface area contributed by atoms with Gasteiger partial charge in [-0.2, -0.15) is 0 Å². The summed E-state index contributed by atoms with van der Waals surface area (Å²) in [6.45, 7) is 8.12. The molecule has 3 rings (SSSR count). The van der Waals surface area contributed by atoms with Crippen LogP contribution >= 0.6 is 15.9 Å². The summed E-state index contributed by atoms with van der Waals surface area (Å²) in [5.74, 6) is 0.902. The maximum absolute atomic E-state index is 5.29. The third-order valence-corrected chi connectivity index (χ3v) is 5.16. The van der Waals surface area contributed by atoms with E-state index in [2.05, 4.69) is 43.2 Å². The smallest absolute Gasteiger partial charge is 0.133 e. The third-order valence-electron chi connectivity index (χ3n) is 4.54. The van der Waals surface area contributed by atoms with Gasteiger partial charge in [-0.1, -0.05) is 6.07 Å². The molecule has 4 nitrogen and oxygen atoms in total. The molecule has 0 amide bonds. The number of likely N-dealkylation sites (tertiary alicyclic amines) is 1. The van der Waals surface area contributed by atoms with Crippen molar-refractivity contribution < 1.29 is 4.74 Å². The van der Waals surface area contributed by atoms with Gasteiger partial charge in [-0.25, -0.2) is 0 Å². The van der Waals surface area contributed by atoms with Crippen LogP contribution in [-0.2, 0) is 6.54 Å². The highest BCUT2D eigenvalue weighted by atomic mass is 79.9. The molecule has 1 unspecified atom stereocenters. The molecule has 1 aromatic rings. The van der Waals surface area contributed by atoms with Gasteiger partial charge in [-0.15, -0.1) is 0 Å². The highest BCUT2D eigenvalue weighted by molar-refractivity contribution is 9.10. The minimum Gasteiger partial charge on any atom is -0.496 e. The summed E-state index contributed by atoms with van der Waals surface area (Å²) in [6, 6.07) is 7.14. The molecular weight excluding hydrogens is 330 g/mol. The van der Waals surface area contributed by atoms with Gasteiger partial charge in [0.1, 0.15) is 5.75 Å². The van der Waals surface area contributed by atoms with E-state index >= 15 is 0 Å². The predicted octanol–water partition coefficient (Wildman–Crippen LogP) is 1.94. The quantitative estimate of drug-likeness (QED) is 0.895. The monoisotopic (exact) mass is 353 g/mol. The average Bonchev–Trinajstić information content (AvgIpc) is 2.97. The van der Waals surface area contributed by atoms with Crippen molar-refractivity contribution in [2.24, 2.45) is 0 Å². The second-order valence-electron chi connectivity index (χ2n) is 5.93. The molecule has 2 aliphatic rings. The van der Waals surface area contributed by atoms with Crippen molar-refractivity contribution in [2.45, 2.75) is 19.0 Å². The van der Waals surface area contributed by atoms with Crippen molar-refractivity contribution in [3.63, 3.8) is 0 Å². The Bertz CT molecular complexity index is 477. The van der Waals surface area contributed by atoms with E-state index in [-0.39, 0.29) is 0 Å². The van der Waals surface area contributed by atoms with Crippen molar-refractivity contribution in [1.29, 1.82) is 0 Å². The highest BCUT2D eigenvalue weighted by Gasteiger charge is 2.28. The zero-order valence-electron chi connectivity index (χ0n) is 12.6. The van der Waals surface area contributed by atoms with Crippen LogP contribution in [0.2, 0.25) is 0 Å². The number of ether oxygens (including phenoxy) is 1. The minimum absolute atomic E-state index is 0.744. The zero-order chi connectivity index (χ0) is 14.7. The van der Waals surface area contributed by atoms with Gasteiger partial charge in [0.25, 0.3) is 0 Å². The summed E-state index contributed by atoms with van der Waals surface area (Å²) >= 11 is 3.57. The maximum Gasteiger partial charge on any atom is 0.133 e. The molecule has 21 heavy (non-hydrogen) atoms. The standard InChI is InChI=1S/C16H24BrN3O/c1-21-16-3-2-13(10-15(16)17)11-19-7-4-14(12-19)20-8-5-18-6-9-20/h2-3,10,14,18H,4-9,11-12H2,1H3. The summed E-state index contributed by atoms with van der Waals surface area (Å²) in [5.41, 5.74) is 1.35. The fraction of sp³-hybridized carbons (Fsp3) is 0.625. The first kappa shape index (κ1) is 15.3. The van der Waals surface area contributed by atoms with Crippen LogP contribution in [0.4, 0.5) is 0 Å². The number of rotatable bonds is 4. The number of nitrogens with zero attached hydrogens (tertiary/aromatic N) is 2. The number of piperazine rings is 1. The fourth-order valence-electron chi connectivity index (χ4n) is 3.37. The SMILES string of the molecule is COc1ccc(CN2CCC(N3CCNCC3)C2)cc1Br. The summed E-state index contributed by atoms with van der Waals surface area (Å²) in [5, 5.41) is 3.43. The molecule has 0 spiro atoms. The normalized spacial score (nSPS) is 24.4. The Kier molecular flexibility index (Phi) is 5.16. The van der Waals surface area contributed by atoms with Crippen molar-refractivity contribution >= 4 is 15.9 Å². The second-order valence-corrected chi connectivity index (χ2v) is 6.79. The first-order valence-electron chi connectivity index (χ1n) is 7.76. The van der Waals surface area contributed by atoms with Crippen molar-refractivity contribution in [3.8, 4) is 5.75 Å². The lowest BCUT2D eigenvalue weighted by Crippen LogP contribution is -2.49. The zero-order valence-corrected chi connectivity index (χ0v) is 14.2. The maximum atomic E-state index is 5.29. The Hall–Kier alpha value is -0.620. The molecule has 2 fully saturated rings. The lowest BCUT2D eigenvalue weighted by molar-refractivity contribution is 0.170. The molecule has 0 aliphatic carbocycles. The molecule has 5 heteroatoms. The first-order chi connectivity index (χ1) is 10.3. The van der Waals surface area contributed by atoms with Crippen LogP contribution in [0.25, 0.3) is 0 Å². The van der Waals surface area contributed by atoms with Crippen molar-refractivity contribution in [2.75, 3.05) is 46.4 Å². The van der Waals surface area contributed by atoms with Crippen LogP contribution in [0, 0.1) is 0 Å². The molecule has 0 radical (unpaired) electrons. The number of hydrogen-bond donors (Lipinski definition) is 1. The first-order valence-corrected chi connectivity index (χ1v) is 8.55. The Morgan fingerprint density at radius 3 is 2.81 bits per heavy atom. The molecule has 1 atom stereocenters. The van der Waals surface area contributed by atoms with Crippen LogP contribution in [0.5, 0.6) is 5.75 Å². The van der Waals surface area contributed by atoms with Gasteiger partial charge in [0.2, 0.25) is 0 Å². The van der Waals surface area contributed by atoms with E-state index in [1.54, 1.807) is 7.11 Å². The molecule has 0 saturated carbocycles. The Morgan fingerprint density at radius 1 is 1.29 bits per heavy atom. The van der Waals surface area contributed by atoms with Gasteiger partial charge >= 0.3 is 0 Å². The molecule has 2 saturated heterocycles. The van der Waals surface area contributed by atoms with E-state index in [9.17, 15) is 0 Å². The summed E-state index contributed by atoms with van der Waals surface area (Å²) in [7, 11) is 1.71. The topological polar surface area (TPSA) is 27.7 Å². The molecule has 116 valence electrons. The van der Waals surface area contributed by atoms with Gasteiger partial charge < -0.3 is 10.1 Å². The number of benzene rings is 1. The van der Waals surface area contributed by atoms with E-state index in [1.807, 2.05) is 6.07 Å². The number of nitrogens with one attached hydrogen (secondary N) is 1. The Balaban J connectivity index is 1.55. The fourth-order valence-corrected chi connectivity index (χ4v) is 3.96. The van der Waals surface area contributed by atoms with E-state index in [0.29, 0.717) is 0 Å². The Labute approximate surface area is 135 Å². The van der Waals surface area contributed by atoms with E-state index in [1.165, 1.54) is 38.2 Å². The van der Waals surface area contributed by atoms with Crippen LogP contribution in [-0.4, -0.2) is 62.2 Å². The van der Waals surface area contributed by atoms with Crippen LogP contribution in [0.3, 0.4) is 0 Å². The van der Waals surface area contributed by atoms with Gasteiger partial charge in [-0.05, 0) is 40.0 Å². The molecular formula is C16H24BrN3O. The van der Waals surface area contributed by atoms with E-state index in [0.717, 1.165) is 35.9 Å². The van der Waals surface area contributed by atoms with E-state index < -0.39 is 0 Å². The molecule has 1 N–H and O–H groups in total. The lowest BCUT2D eigenvalue weighted by Gasteiger charge is -2.32. The van der Waals surface area contributed by atoms with Crippen LogP contribution < -0.4 is 10.1 Å². The summed E-state index contributed by atoms with van der Waals surface area (Å²) in [6.07, 6.45) is 1.30. The average molecular weight is 354 g/mol. The largest absolute Gasteiger partial charge is 0.496 e. The number of hydrogen-bond acceptors (Lipinski definition) is 4. The molecule has 1 aromatic carbocycles. The van der Waals surface area contributed by atoms with Gasteiger partial charge in [-0.3, -0.25) is 9.80 Å². The number of halogens is 1. The lowest BCUT2D eigenvalue weighted by atomic mass is 10.2.